The molecule has 0 spiro atoms. The summed E-state index contributed by atoms with van der Waals surface area (Å²) < 4.78 is 12.5. The molecule has 126 valence electrons. The van der Waals surface area contributed by atoms with Gasteiger partial charge in [0.15, 0.2) is 5.82 Å². The number of rotatable bonds is 7. The Morgan fingerprint density at radius 2 is 2.26 bits per heavy atom. The highest BCUT2D eigenvalue weighted by Gasteiger charge is 2.27. The fraction of sp³-hybridized carbons (Fsp3) is 0.688. The van der Waals surface area contributed by atoms with Crippen molar-refractivity contribution in [2.75, 3.05) is 20.3 Å². The van der Waals surface area contributed by atoms with Gasteiger partial charge in [-0.2, -0.15) is 10.1 Å². The summed E-state index contributed by atoms with van der Waals surface area (Å²) in [6.07, 6.45) is 3.08. The van der Waals surface area contributed by atoms with Crippen LogP contribution in [0.5, 0.6) is 0 Å². The molecule has 1 saturated heterocycles. The van der Waals surface area contributed by atoms with Gasteiger partial charge in [-0.25, -0.2) is 0 Å². The minimum atomic E-state index is 0.474. The Hall–Kier alpha value is -1.73. The Bertz CT molecular complexity index is 636. The molecule has 2 aromatic heterocycles. The third-order valence-corrected chi connectivity index (χ3v) is 4.36. The van der Waals surface area contributed by atoms with E-state index in [0.29, 0.717) is 31.5 Å². The summed E-state index contributed by atoms with van der Waals surface area (Å²) in [5, 5.41) is 8.59. The zero-order chi connectivity index (χ0) is 16.2. The van der Waals surface area contributed by atoms with Crippen LogP contribution in [0.15, 0.2) is 10.6 Å². The second-order valence-electron chi connectivity index (χ2n) is 6.22. The summed E-state index contributed by atoms with van der Waals surface area (Å²) in [5.41, 5.74) is 2.29. The summed E-state index contributed by atoms with van der Waals surface area (Å²) in [6.45, 7) is 7.46. The smallest absolute Gasteiger partial charge is 0.240 e. The molecule has 1 aliphatic heterocycles. The van der Waals surface area contributed by atoms with Crippen molar-refractivity contribution in [1.82, 2.24) is 24.8 Å². The highest BCUT2D eigenvalue weighted by Crippen LogP contribution is 2.21. The Morgan fingerprint density at radius 1 is 1.39 bits per heavy atom. The summed E-state index contributed by atoms with van der Waals surface area (Å²) in [5.74, 6) is 1.41. The largest absolute Gasteiger partial charge is 0.384 e. The van der Waals surface area contributed by atoms with E-state index < -0.39 is 0 Å². The SMILES string of the molecule is COCCc1noc(CN2CCC[C@H]2Cn2nc(C)cc2C)n1. The summed E-state index contributed by atoms with van der Waals surface area (Å²) in [4.78, 5) is 6.87. The maximum Gasteiger partial charge on any atom is 0.240 e. The van der Waals surface area contributed by atoms with E-state index in [9.17, 15) is 0 Å². The quantitative estimate of drug-likeness (QED) is 0.774. The van der Waals surface area contributed by atoms with Gasteiger partial charge in [-0.05, 0) is 39.3 Å². The van der Waals surface area contributed by atoms with E-state index in [1.807, 2.05) is 6.92 Å². The van der Waals surface area contributed by atoms with Crippen molar-refractivity contribution < 1.29 is 9.26 Å². The fourth-order valence-corrected chi connectivity index (χ4v) is 3.19. The lowest BCUT2D eigenvalue weighted by molar-refractivity contribution is 0.190. The first-order chi connectivity index (χ1) is 11.2. The van der Waals surface area contributed by atoms with Crippen molar-refractivity contribution >= 4 is 0 Å². The highest BCUT2D eigenvalue weighted by molar-refractivity contribution is 5.07. The van der Waals surface area contributed by atoms with E-state index in [0.717, 1.165) is 24.6 Å². The average Bonchev–Trinajstić information content (AvgIpc) is 3.21. The lowest BCUT2D eigenvalue weighted by Crippen LogP contribution is -2.33. The van der Waals surface area contributed by atoms with Gasteiger partial charge < -0.3 is 9.26 Å². The lowest BCUT2D eigenvalue weighted by Gasteiger charge is -2.23. The molecule has 0 bridgehead atoms. The second-order valence-corrected chi connectivity index (χ2v) is 6.22. The van der Waals surface area contributed by atoms with E-state index in [-0.39, 0.29) is 0 Å². The number of aryl methyl sites for hydroxylation is 2. The first-order valence-corrected chi connectivity index (χ1v) is 8.21. The van der Waals surface area contributed by atoms with Crippen LogP contribution >= 0.6 is 0 Å². The van der Waals surface area contributed by atoms with Crippen LogP contribution in [0.1, 0.15) is 35.9 Å². The number of hydrogen-bond donors (Lipinski definition) is 0. The molecule has 1 aliphatic rings. The van der Waals surface area contributed by atoms with Crippen molar-refractivity contribution in [1.29, 1.82) is 0 Å². The van der Waals surface area contributed by atoms with Crippen LogP contribution in [0, 0.1) is 13.8 Å². The van der Waals surface area contributed by atoms with Gasteiger partial charge in [-0.15, -0.1) is 0 Å². The minimum absolute atomic E-state index is 0.474. The maximum atomic E-state index is 5.37. The fourth-order valence-electron chi connectivity index (χ4n) is 3.19. The minimum Gasteiger partial charge on any atom is -0.384 e. The van der Waals surface area contributed by atoms with Crippen LogP contribution in [0.4, 0.5) is 0 Å². The van der Waals surface area contributed by atoms with Crippen molar-refractivity contribution in [2.45, 2.75) is 52.2 Å². The molecule has 0 radical (unpaired) electrons. The molecule has 0 saturated carbocycles. The summed E-state index contributed by atoms with van der Waals surface area (Å²) in [7, 11) is 1.68. The van der Waals surface area contributed by atoms with E-state index in [4.69, 9.17) is 9.26 Å². The average molecular weight is 319 g/mol. The van der Waals surface area contributed by atoms with Crippen LogP contribution in [0.25, 0.3) is 0 Å². The van der Waals surface area contributed by atoms with Crippen molar-refractivity contribution in [3.8, 4) is 0 Å². The Balaban J connectivity index is 1.60. The molecule has 1 fully saturated rings. The van der Waals surface area contributed by atoms with Crippen molar-refractivity contribution in [3.05, 3.63) is 29.2 Å². The predicted molar refractivity (Wildman–Crippen MR) is 85.0 cm³/mol. The molecule has 0 amide bonds. The Labute approximate surface area is 136 Å². The van der Waals surface area contributed by atoms with E-state index in [2.05, 4.69) is 37.8 Å². The Kier molecular flexibility index (Phi) is 5.07. The van der Waals surface area contributed by atoms with Gasteiger partial charge >= 0.3 is 0 Å². The number of nitrogens with zero attached hydrogens (tertiary/aromatic N) is 5. The van der Waals surface area contributed by atoms with Gasteiger partial charge in [0.1, 0.15) is 0 Å². The zero-order valence-corrected chi connectivity index (χ0v) is 14.2. The molecule has 7 heteroatoms. The normalized spacial score (nSPS) is 18.8. The monoisotopic (exact) mass is 319 g/mol. The van der Waals surface area contributed by atoms with Gasteiger partial charge in [0.05, 0.1) is 25.4 Å². The van der Waals surface area contributed by atoms with Crippen LogP contribution in [0.2, 0.25) is 0 Å². The maximum absolute atomic E-state index is 5.37. The molecule has 2 aromatic rings. The molecule has 7 nitrogen and oxygen atoms in total. The highest BCUT2D eigenvalue weighted by atomic mass is 16.5. The van der Waals surface area contributed by atoms with Crippen molar-refractivity contribution in [3.63, 3.8) is 0 Å². The number of aromatic nitrogens is 4. The molecule has 0 aromatic carbocycles. The van der Waals surface area contributed by atoms with E-state index in [1.165, 1.54) is 18.5 Å². The first-order valence-electron chi connectivity index (χ1n) is 8.21. The standard InChI is InChI=1S/C16H25N5O2/c1-12-9-13(2)21(18-12)10-14-5-4-7-20(14)11-16-17-15(19-23-16)6-8-22-3/h9,14H,4-8,10-11H2,1-3H3/t14-/m0/s1. The summed E-state index contributed by atoms with van der Waals surface area (Å²) in [6, 6.07) is 2.60. The van der Waals surface area contributed by atoms with Gasteiger partial charge in [0.25, 0.3) is 0 Å². The number of ether oxygens (including phenoxy) is 1. The zero-order valence-electron chi connectivity index (χ0n) is 14.2. The molecule has 3 heterocycles. The molecule has 0 unspecified atom stereocenters. The molecule has 0 N–H and O–H groups in total. The molecule has 23 heavy (non-hydrogen) atoms. The second kappa shape index (κ2) is 7.23. The lowest BCUT2D eigenvalue weighted by atomic mass is 10.2. The molecule has 1 atom stereocenters. The molecule has 3 rings (SSSR count). The number of likely N-dealkylation sites (tertiary alicyclic amines) is 1. The molecular weight excluding hydrogens is 294 g/mol. The number of methoxy groups -OCH3 is 1. The van der Waals surface area contributed by atoms with Gasteiger partial charge in [0.2, 0.25) is 5.89 Å². The third kappa shape index (κ3) is 3.97. The van der Waals surface area contributed by atoms with Crippen LogP contribution < -0.4 is 0 Å². The predicted octanol–water partition coefficient (Wildman–Crippen LogP) is 1.74. The van der Waals surface area contributed by atoms with Gasteiger partial charge in [0, 0.05) is 25.3 Å². The molecule has 0 aliphatic carbocycles. The Morgan fingerprint density at radius 3 is 3.00 bits per heavy atom. The van der Waals surface area contributed by atoms with Gasteiger partial charge in [-0.3, -0.25) is 9.58 Å². The number of hydrogen-bond acceptors (Lipinski definition) is 6. The van der Waals surface area contributed by atoms with E-state index >= 15 is 0 Å². The van der Waals surface area contributed by atoms with Crippen LogP contribution in [0.3, 0.4) is 0 Å². The summed E-state index contributed by atoms with van der Waals surface area (Å²) >= 11 is 0. The topological polar surface area (TPSA) is 69.2 Å². The van der Waals surface area contributed by atoms with Crippen molar-refractivity contribution in [2.24, 2.45) is 0 Å². The third-order valence-electron chi connectivity index (χ3n) is 4.36. The van der Waals surface area contributed by atoms with Gasteiger partial charge in [-0.1, -0.05) is 5.16 Å². The first kappa shape index (κ1) is 16.1. The molecular formula is C16H25N5O2. The van der Waals surface area contributed by atoms with E-state index in [1.54, 1.807) is 7.11 Å². The van der Waals surface area contributed by atoms with Crippen LogP contribution in [-0.2, 0) is 24.2 Å². The van der Waals surface area contributed by atoms with Crippen LogP contribution in [-0.4, -0.2) is 51.1 Å².